The van der Waals surface area contributed by atoms with Crippen LogP contribution in [0.5, 0.6) is 0 Å². The lowest BCUT2D eigenvalue weighted by atomic mass is 9.88. The third kappa shape index (κ3) is 7.54. The van der Waals surface area contributed by atoms with Crippen LogP contribution >= 0.6 is 0 Å². The minimum Gasteiger partial charge on any atom is -0.347 e. The summed E-state index contributed by atoms with van der Waals surface area (Å²) in [6, 6.07) is 9.55. The van der Waals surface area contributed by atoms with E-state index in [9.17, 15) is 4.79 Å². The average molecular weight is 520 g/mol. The third-order valence-electron chi connectivity index (χ3n) is 7.79. The average Bonchev–Trinajstić information content (AvgIpc) is 3.66. The quantitative estimate of drug-likeness (QED) is 0.305. The largest absolute Gasteiger partial charge is 0.347 e. The molecule has 1 amide bonds. The SMILES string of the molecule is CCCN(CCC)C1CCC(N(CC)Cc2ccc(C(=O)N(Cc3ncc[nH]3)Cc3ncc[nH]3)cc2)CC1. The van der Waals surface area contributed by atoms with Crippen LogP contribution in [0.3, 0.4) is 0 Å². The van der Waals surface area contributed by atoms with Gasteiger partial charge in [-0.25, -0.2) is 9.97 Å². The first-order valence-corrected chi connectivity index (χ1v) is 14.4. The van der Waals surface area contributed by atoms with Gasteiger partial charge in [-0.2, -0.15) is 0 Å². The Hall–Kier alpha value is -2.97. The number of benzene rings is 1. The fourth-order valence-electron chi connectivity index (χ4n) is 5.84. The highest BCUT2D eigenvalue weighted by atomic mass is 16.2. The van der Waals surface area contributed by atoms with Crippen LogP contribution in [0.15, 0.2) is 49.1 Å². The number of aromatic amines is 2. The summed E-state index contributed by atoms with van der Waals surface area (Å²) in [5, 5.41) is 0. The first kappa shape index (κ1) is 28.0. The molecule has 0 aliphatic heterocycles. The number of carbonyl (C=O) groups is 1. The molecule has 8 heteroatoms. The number of imidazole rings is 2. The summed E-state index contributed by atoms with van der Waals surface area (Å²) in [6.45, 7) is 12.1. The zero-order chi connectivity index (χ0) is 26.7. The Morgan fingerprint density at radius 3 is 1.76 bits per heavy atom. The van der Waals surface area contributed by atoms with Crippen molar-refractivity contribution in [3.8, 4) is 0 Å². The molecule has 1 saturated carbocycles. The van der Waals surface area contributed by atoms with Crippen LogP contribution in [-0.4, -0.2) is 72.3 Å². The Morgan fingerprint density at radius 2 is 1.32 bits per heavy atom. The Bertz CT molecular complexity index is 1010. The highest BCUT2D eigenvalue weighted by molar-refractivity contribution is 5.94. The van der Waals surface area contributed by atoms with Crippen molar-refractivity contribution in [3.05, 3.63) is 71.8 Å². The monoisotopic (exact) mass is 519 g/mol. The molecule has 206 valence electrons. The summed E-state index contributed by atoms with van der Waals surface area (Å²) >= 11 is 0. The molecule has 0 bridgehead atoms. The van der Waals surface area contributed by atoms with Crippen molar-refractivity contribution in [2.45, 2.75) is 91.0 Å². The van der Waals surface area contributed by atoms with Crippen LogP contribution in [0.1, 0.15) is 86.9 Å². The van der Waals surface area contributed by atoms with Gasteiger partial charge in [0, 0.05) is 49.0 Å². The molecule has 0 atom stereocenters. The maximum atomic E-state index is 13.4. The van der Waals surface area contributed by atoms with Gasteiger partial charge in [0.25, 0.3) is 5.91 Å². The molecule has 0 spiro atoms. The Balaban J connectivity index is 1.35. The van der Waals surface area contributed by atoms with E-state index in [1.807, 2.05) is 12.1 Å². The number of carbonyl (C=O) groups excluding carboxylic acids is 1. The fraction of sp³-hybridized carbons (Fsp3) is 0.567. The van der Waals surface area contributed by atoms with Gasteiger partial charge in [0.2, 0.25) is 0 Å². The van der Waals surface area contributed by atoms with Gasteiger partial charge in [-0.1, -0.05) is 32.9 Å². The minimum absolute atomic E-state index is 0.0290. The van der Waals surface area contributed by atoms with Gasteiger partial charge in [0.15, 0.2) is 0 Å². The van der Waals surface area contributed by atoms with Crippen LogP contribution < -0.4 is 0 Å². The van der Waals surface area contributed by atoms with E-state index in [2.05, 4.69) is 62.6 Å². The van der Waals surface area contributed by atoms with Crippen molar-refractivity contribution in [2.24, 2.45) is 0 Å². The molecule has 0 radical (unpaired) electrons. The van der Waals surface area contributed by atoms with Gasteiger partial charge in [-0.3, -0.25) is 9.69 Å². The van der Waals surface area contributed by atoms with Crippen molar-refractivity contribution in [1.82, 2.24) is 34.6 Å². The molecule has 1 aliphatic carbocycles. The fourth-order valence-corrected chi connectivity index (χ4v) is 5.84. The van der Waals surface area contributed by atoms with E-state index in [1.165, 1.54) is 57.2 Å². The number of H-pyrrole nitrogens is 2. The van der Waals surface area contributed by atoms with Crippen LogP contribution in [0.4, 0.5) is 0 Å². The summed E-state index contributed by atoms with van der Waals surface area (Å²) in [5.41, 5.74) is 1.94. The number of rotatable bonds is 14. The van der Waals surface area contributed by atoms with Gasteiger partial charge in [-0.15, -0.1) is 0 Å². The smallest absolute Gasteiger partial charge is 0.254 e. The van der Waals surface area contributed by atoms with Crippen LogP contribution in [0, 0.1) is 0 Å². The van der Waals surface area contributed by atoms with E-state index < -0.39 is 0 Å². The number of hydrogen-bond acceptors (Lipinski definition) is 5. The Labute approximate surface area is 227 Å². The van der Waals surface area contributed by atoms with Crippen molar-refractivity contribution in [2.75, 3.05) is 19.6 Å². The molecule has 8 nitrogen and oxygen atoms in total. The molecule has 38 heavy (non-hydrogen) atoms. The van der Waals surface area contributed by atoms with E-state index in [-0.39, 0.29) is 5.91 Å². The number of amides is 1. The van der Waals surface area contributed by atoms with Crippen molar-refractivity contribution >= 4 is 5.91 Å². The van der Waals surface area contributed by atoms with Gasteiger partial charge in [-0.05, 0) is 75.9 Å². The van der Waals surface area contributed by atoms with Crippen molar-refractivity contribution < 1.29 is 4.79 Å². The second-order valence-electron chi connectivity index (χ2n) is 10.5. The molecular weight excluding hydrogens is 474 g/mol. The second kappa shape index (κ2) is 14.3. The molecule has 1 aromatic carbocycles. The van der Waals surface area contributed by atoms with E-state index >= 15 is 0 Å². The lowest BCUT2D eigenvalue weighted by molar-refractivity contribution is 0.0721. The maximum absolute atomic E-state index is 13.4. The normalized spacial score (nSPS) is 17.8. The molecule has 2 heterocycles. The molecule has 4 rings (SSSR count). The number of nitrogens with zero attached hydrogens (tertiary/aromatic N) is 5. The van der Waals surface area contributed by atoms with Crippen molar-refractivity contribution in [3.63, 3.8) is 0 Å². The number of aromatic nitrogens is 4. The van der Waals surface area contributed by atoms with E-state index in [0.29, 0.717) is 24.7 Å². The molecule has 1 aliphatic rings. The lowest BCUT2D eigenvalue weighted by Gasteiger charge is -2.40. The maximum Gasteiger partial charge on any atom is 0.254 e. The third-order valence-corrected chi connectivity index (χ3v) is 7.79. The second-order valence-corrected chi connectivity index (χ2v) is 10.5. The molecule has 0 saturated heterocycles. The molecular formula is C30H45N7O. The molecule has 2 aromatic heterocycles. The Kier molecular flexibility index (Phi) is 10.5. The topological polar surface area (TPSA) is 84.2 Å². The standard InChI is InChI=1S/C30H45N7O/c1-4-19-36(20-5-2)27-13-11-26(12-14-27)35(6-3)21-24-7-9-25(10-8-24)30(38)37(22-28-31-15-16-32-28)23-29-33-17-18-34-29/h7-10,15-18,26-27H,4-6,11-14,19-23H2,1-3H3,(H,31,32)(H,33,34). The van der Waals surface area contributed by atoms with Gasteiger partial charge >= 0.3 is 0 Å². The van der Waals surface area contributed by atoms with Gasteiger partial charge in [0.1, 0.15) is 11.6 Å². The highest BCUT2D eigenvalue weighted by Crippen LogP contribution is 2.28. The molecule has 2 N–H and O–H groups in total. The van der Waals surface area contributed by atoms with E-state index in [1.54, 1.807) is 29.7 Å². The first-order chi connectivity index (χ1) is 18.6. The zero-order valence-electron chi connectivity index (χ0n) is 23.4. The molecule has 3 aromatic rings. The van der Waals surface area contributed by atoms with E-state index in [0.717, 1.165) is 30.8 Å². The highest BCUT2D eigenvalue weighted by Gasteiger charge is 2.28. The van der Waals surface area contributed by atoms with Crippen LogP contribution in [0.25, 0.3) is 0 Å². The molecule has 1 fully saturated rings. The van der Waals surface area contributed by atoms with E-state index in [4.69, 9.17) is 0 Å². The molecule has 0 unspecified atom stereocenters. The summed E-state index contributed by atoms with van der Waals surface area (Å²) < 4.78 is 0. The minimum atomic E-state index is -0.0290. The number of hydrogen-bond donors (Lipinski definition) is 2. The summed E-state index contributed by atoms with van der Waals surface area (Å²) in [6.07, 6.45) is 14.6. The van der Waals surface area contributed by atoms with Crippen molar-refractivity contribution in [1.29, 1.82) is 0 Å². The van der Waals surface area contributed by atoms with Gasteiger partial charge < -0.3 is 19.8 Å². The first-order valence-electron chi connectivity index (χ1n) is 14.4. The summed E-state index contributed by atoms with van der Waals surface area (Å²) in [5.74, 6) is 1.48. The summed E-state index contributed by atoms with van der Waals surface area (Å²) in [7, 11) is 0. The predicted molar refractivity (Wildman–Crippen MR) is 151 cm³/mol. The lowest BCUT2D eigenvalue weighted by Crippen LogP contribution is -2.44. The Morgan fingerprint density at radius 1 is 0.789 bits per heavy atom. The summed E-state index contributed by atoms with van der Waals surface area (Å²) in [4.78, 5) is 35.4. The van der Waals surface area contributed by atoms with Crippen LogP contribution in [-0.2, 0) is 19.6 Å². The van der Waals surface area contributed by atoms with Crippen LogP contribution in [0.2, 0.25) is 0 Å². The predicted octanol–water partition coefficient (Wildman–Crippen LogP) is 5.23. The van der Waals surface area contributed by atoms with Gasteiger partial charge in [0.05, 0.1) is 13.1 Å². The number of nitrogens with one attached hydrogen (secondary N) is 2. The zero-order valence-corrected chi connectivity index (χ0v) is 23.4.